The number of carbonyl (C=O) groups is 2. The normalized spacial score (nSPS) is 11.0. The van der Waals surface area contributed by atoms with Gasteiger partial charge in [0.2, 0.25) is 0 Å². The number of anilines is 2. The Balaban J connectivity index is 2.14. The maximum atomic E-state index is 12.9. The Kier molecular flexibility index (Phi) is 4.92. The number of benzene rings is 2. The van der Waals surface area contributed by atoms with Crippen molar-refractivity contribution in [2.45, 2.75) is 20.0 Å². The first-order valence-corrected chi connectivity index (χ1v) is 7.03. The van der Waals surface area contributed by atoms with Crippen molar-refractivity contribution in [1.82, 2.24) is 0 Å². The van der Waals surface area contributed by atoms with Gasteiger partial charge >= 0.3 is 18.0 Å². The fourth-order valence-corrected chi connectivity index (χ4v) is 2.25. The van der Waals surface area contributed by atoms with Gasteiger partial charge in [0.05, 0.1) is 11.3 Å². The quantitative estimate of drug-likeness (QED) is 0.817. The van der Waals surface area contributed by atoms with Gasteiger partial charge in [-0.05, 0) is 49.2 Å². The van der Waals surface area contributed by atoms with Crippen molar-refractivity contribution in [1.29, 1.82) is 0 Å². The lowest BCUT2D eigenvalue weighted by Crippen LogP contribution is -2.30. The molecule has 4 nitrogen and oxygen atoms in total. The average Bonchev–Trinajstić information content (AvgIpc) is 2.45. The van der Waals surface area contributed by atoms with Crippen molar-refractivity contribution in [2.24, 2.45) is 0 Å². The molecular formula is C17H15F3N2O2. The molecule has 0 unspecified atom stereocenters. The van der Waals surface area contributed by atoms with Crippen molar-refractivity contribution < 1.29 is 22.8 Å². The van der Waals surface area contributed by atoms with Gasteiger partial charge in [0, 0.05) is 5.69 Å². The lowest BCUT2D eigenvalue weighted by molar-refractivity contribution is -0.137. The summed E-state index contributed by atoms with van der Waals surface area (Å²) >= 11 is 0. The highest BCUT2D eigenvalue weighted by atomic mass is 19.4. The summed E-state index contributed by atoms with van der Waals surface area (Å²) in [6.45, 7) is 3.64. The molecular weight excluding hydrogens is 321 g/mol. The number of hydrogen-bond acceptors (Lipinski definition) is 2. The molecule has 2 aromatic rings. The highest BCUT2D eigenvalue weighted by Crippen LogP contribution is 2.34. The van der Waals surface area contributed by atoms with Gasteiger partial charge in [0.25, 0.3) is 0 Å². The molecule has 24 heavy (non-hydrogen) atoms. The van der Waals surface area contributed by atoms with Crippen molar-refractivity contribution in [3.8, 4) is 0 Å². The third-order valence-electron chi connectivity index (χ3n) is 3.17. The van der Waals surface area contributed by atoms with Gasteiger partial charge in [-0.2, -0.15) is 13.2 Å². The van der Waals surface area contributed by atoms with E-state index in [0.717, 1.165) is 23.3 Å². The molecule has 0 bridgehead atoms. The van der Waals surface area contributed by atoms with E-state index in [0.29, 0.717) is 5.69 Å². The molecule has 0 fully saturated rings. The summed E-state index contributed by atoms with van der Waals surface area (Å²) in [4.78, 5) is 23.8. The number of halogens is 3. The predicted molar refractivity (Wildman–Crippen MR) is 84.6 cm³/mol. The van der Waals surface area contributed by atoms with Crippen molar-refractivity contribution >= 4 is 23.2 Å². The molecule has 0 aliphatic heterocycles. The molecule has 0 spiro atoms. The summed E-state index contributed by atoms with van der Waals surface area (Å²) in [7, 11) is 0. The number of aryl methyl sites for hydroxylation is 2. The Bertz CT molecular complexity index is 765. The third kappa shape index (κ3) is 4.34. The van der Waals surface area contributed by atoms with Crippen LogP contribution >= 0.6 is 0 Å². The molecule has 0 aliphatic rings. The van der Waals surface area contributed by atoms with Crippen molar-refractivity contribution in [3.05, 3.63) is 59.2 Å². The predicted octanol–water partition coefficient (Wildman–Crippen LogP) is 3.90. The van der Waals surface area contributed by atoms with Gasteiger partial charge < -0.3 is 10.6 Å². The SMILES string of the molecule is Cc1cc(C)cc(NC(=O)C(=O)Nc2ccccc2C(F)(F)F)c1. The third-order valence-corrected chi connectivity index (χ3v) is 3.17. The van der Waals surface area contributed by atoms with Gasteiger partial charge in [-0.3, -0.25) is 9.59 Å². The summed E-state index contributed by atoms with van der Waals surface area (Å²) in [5.41, 5.74) is 0.682. The maximum Gasteiger partial charge on any atom is 0.418 e. The van der Waals surface area contributed by atoms with Crippen LogP contribution in [0.15, 0.2) is 42.5 Å². The van der Waals surface area contributed by atoms with Gasteiger partial charge in [-0.15, -0.1) is 0 Å². The number of nitrogens with one attached hydrogen (secondary N) is 2. The topological polar surface area (TPSA) is 58.2 Å². The van der Waals surface area contributed by atoms with E-state index in [4.69, 9.17) is 0 Å². The molecule has 7 heteroatoms. The number of rotatable bonds is 2. The second kappa shape index (κ2) is 6.74. The first-order chi connectivity index (χ1) is 11.2. The van der Waals surface area contributed by atoms with E-state index in [1.165, 1.54) is 12.1 Å². The molecule has 0 heterocycles. The molecule has 0 aromatic heterocycles. The van der Waals surface area contributed by atoms with Crippen LogP contribution in [0.1, 0.15) is 16.7 Å². The molecule has 0 saturated carbocycles. The maximum absolute atomic E-state index is 12.9. The molecule has 0 aliphatic carbocycles. The number of carbonyl (C=O) groups excluding carboxylic acids is 2. The fraction of sp³-hybridized carbons (Fsp3) is 0.176. The van der Waals surface area contributed by atoms with Crippen LogP contribution in [0.5, 0.6) is 0 Å². The largest absolute Gasteiger partial charge is 0.418 e. The van der Waals surface area contributed by atoms with Crippen LogP contribution < -0.4 is 10.6 Å². The Morgan fingerprint density at radius 2 is 1.42 bits per heavy atom. The smallest absolute Gasteiger partial charge is 0.318 e. The molecule has 2 rings (SSSR count). The number of para-hydroxylation sites is 1. The zero-order chi connectivity index (χ0) is 17.9. The summed E-state index contributed by atoms with van der Waals surface area (Å²) in [6, 6.07) is 9.65. The first kappa shape index (κ1) is 17.5. The molecule has 0 atom stereocenters. The number of amides is 2. The van der Waals surface area contributed by atoms with Crippen LogP contribution in [0.2, 0.25) is 0 Å². The molecule has 2 amide bonds. The van der Waals surface area contributed by atoms with E-state index in [1.54, 1.807) is 12.1 Å². The van der Waals surface area contributed by atoms with Crippen LogP contribution in [0.3, 0.4) is 0 Å². The summed E-state index contributed by atoms with van der Waals surface area (Å²) in [6.07, 6.45) is -4.63. The van der Waals surface area contributed by atoms with Crippen molar-refractivity contribution in [2.75, 3.05) is 10.6 Å². The van der Waals surface area contributed by atoms with Crippen LogP contribution in [0, 0.1) is 13.8 Å². The van der Waals surface area contributed by atoms with E-state index < -0.39 is 29.2 Å². The second-order valence-electron chi connectivity index (χ2n) is 5.33. The van der Waals surface area contributed by atoms with E-state index >= 15 is 0 Å². The van der Waals surface area contributed by atoms with Gasteiger partial charge in [0.15, 0.2) is 0 Å². The van der Waals surface area contributed by atoms with Gasteiger partial charge in [-0.1, -0.05) is 18.2 Å². The van der Waals surface area contributed by atoms with E-state index in [-0.39, 0.29) is 0 Å². The highest BCUT2D eigenvalue weighted by molar-refractivity contribution is 6.43. The summed E-state index contributed by atoms with van der Waals surface area (Å²) in [5, 5.41) is 4.36. The van der Waals surface area contributed by atoms with Crippen LogP contribution in [-0.4, -0.2) is 11.8 Å². The summed E-state index contributed by atoms with van der Waals surface area (Å²) in [5.74, 6) is -2.22. The second-order valence-corrected chi connectivity index (χ2v) is 5.33. The van der Waals surface area contributed by atoms with E-state index in [9.17, 15) is 22.8 Å². The zero-order valence-electron chi connectivity index (χ0n) is 13.0. The van der Waals surface area contributed by atoms with Gasteiger partial charge in [-0.25, -0.2) is 0 Å². The minimum absolute atomic E-state index is 0.400. The fourth-order valence-electron chi connectivity index (χ4n) is 2.25. The average molecular weight is 336 g/mol. The van der Waals surface area contributed by atoms with Crippen LogP contribution in [0.4, 0.5) is 24.5 Å². The minimum atomic E-state index is -4.63. The lowest BCUT2D eigenvalue weighted by Gasteiger charge is -2.13. The van der Waals surface area contributed by atoms with E-state index in [2.05, 4.69) is 5.32 Å². The van der Waals surface area contributed by atoms with Gasteiger partial charge in [0.1, 0.15) is 0 Å². The highest BCUT2D eigenvalue weighted by Gasteiger charge is 2.34. The molecule has 126 valence electrons. The molecule has 0 radical (unpaired) electrons. The minimum Gasteiger partial charge on any atom is -0.318 e. The molecule has 2 aromatic carbocycles. The van der Waals surface area contributed by atoms with E-state index in [1.807, 2.05) is 25.2 Å². The monoisotopic (exact) mass is 336 g/mol. The Labute approximate surface area is 136 Å². The Morgan fingerprint density at radius 1 is 0.875 bits per heavy atom. The zero-order valence-corrected chi connectivity index (χ0v) is 13.0. The number of alkyl halides is 3. The van der Waals surface area contributed by atoms with Crippen LogP contribution in [-0.2, 0) is 15.8 Å². The number of hydrogen-bond donors (Lipinski definition) is 2. The Morgan fingerprint density at radius 3 is 2.00 bits per heavy atom. The Hall–Kier alpha value is -2.83. The lowest BCUT2D eigenvalue weighted by atomic mass is 10.1. The standard InChI is InChI=1S/C17H15F3N2O2/c1-10-7-11(2)9-12(8-10)21-15(23)16(24)22-14-6-4-3-5-13(14)17(18,19)20/h3-9H,1-2H3,(H,21,23)(H,22,24). The van der Waals surface area contributed by atoms with Crippen molar-refractivity contribution in [3.63, 3.8) is 0 Å². The molecule has 2 N–H and O–H groups in total. The summed E-state index contributed by atoms with van der Waals surface area (Å²) < 4.78 is 38.7. The molecule has 0 saturated heterocycles. The van der Waals surface area contributed by atoms with Crippen LogP contribution in [0.25, 0.3) is 0 Å². The first-order valence-electron chi connectivity index (χ1n) is 7.03.